The van der Waals surface area contributed by atoms with Gasteiger partial charge in [0, 0.05) is 25.5 Å². The second-order valence-electron chi connectivity index (χ2n) is 2.91. The first kappa shape index (κ1) is 10.7. The molecule has 0 aromatic carbocycles. The second kappa shape index (κ2) is 4.76. The molecule has 0 unspecified atom stereocenters. The summed E-state index contributed by atoms with van der Waals surface area (Å²) in [5.41, 5.74) is 0.715. The maximum atomic E-state index is 10.5. The zero-order valence-corrected chi connectivity index (χ0v) is 8.36. The van der Waals surface area contributed by atoms with Crippen LogP contribution in [0.5, 0.6) is 0 Å². The Balaban J connectivity index is 2.88. The lowest BCUT2D eigenvalue weighted by atomic mass is 10.3. The van der Waals surface area contributed by atoms with Crippen LogP contribution in [0.15, 0.2) is 6.20 Å². The van der Waals surface area contributed by atoms with Crippen molar-refractivity contribution in [3.8, 4) is 0 Å². The van der Waals surface area contributed by atoms with Crippen molar-refractivity contribution in [2.75, 3.05) is 7.11 Å². The van der Waals surface area contributed by atoms with Gasteiger partial charge in [-0.25, -0.2) is 4.98 Å². The van der Waals surface area contributed by atoms with Crippen LogP contribution in [0.4, 0.5) is 0 Å². The van der Waals surface area contributed by atoms with E-state index < -0.39 is 5.97 Å². The molecule has 0 bridgehead atoms. The van der Waals surface area contributed by atoms with E-state index in [2.05, 4.69) is 4.98 Å². The summed E-state index contributed by atoms with van der Waals surface area (Å²) in [6.45, 7) is 3.07. The molecule has 5 heteroatoms. The summed E-state index contributed by atoms with van der Waals surface area (Å²) in [4.78, 5) is 14.6. The Morgan fingerprint density at radius 2 is 2.43 bits per heavy atom. The number of rotatable bonds is 5. The van der Waals surface area contributed by atoms with E-state index in [1.54, 1.807) is 13.3 Å². The second-order valence-corrected chi connectivity index (χ2v) is 2.91. The van der Waals surface area contributed by atoms with E-state index in [-0.39, 0.29) is 6.42 Å². The Bertz CT molecular complexity index is 320. The molecular weight excluding hydrogens is 184 g/mol. The monoisotopic (exact) mass is 198 g/mol. The van der Waals surface area contributed by atoms with E-state index in [9.17, 15) is 4.79 Å². The minimum absolute atomic E-state index is 0.00452. The van der Waals surface area contributed by atoms with Crippen LogP contribution in [0, 0.1) is 0 Å². The first-order valence-electron chi connectivity index (χ1n) is 4.43. The lowest BCUT2D eigenvalue weighted by Crippen LogP contribution is -2.10. The molecule has 0 aliphatic heterocycles. The molecule has 0 radical (unpaired) electrons. The van der Waals surface area contributed by atoms with Crippen LogP contribution >= 0.6 is 0 Å². The van der Waals surface area contributed by atoms with Crippen LogP contribution in [0.25, 0.3) is 0 Å². The van der Waals surface area contributed by atoms with Gasteiger partial charge in [-0.3, -0.25) is 4.79 Å². The Morgan fingerprint density at radius 1 is 1.71 bits per heavy atom. The Hall–Kier alpha value is -1.36. The van der Waals surface area contributed by atoms with E-state index in [0.29, 0.717) is 18.8 Å². The summed E-state index contributed by atoms with van der Waals surface area (Å²) in [6, 6.07) is 0. The van der Waals surface area contributed by atoms with Gasteiger partial charge in [-0.2, -0.15) is 0 Å². The zero-order chi connectivity index (χ0) is 10.6. The fourth-order valence-corrected chi connectivity index (χ4v) is 1.38. The fourth-order valence-electron chi connectivity index (χ4n) is 1.38. The van der Waals surface area contributed by atoms with Gasteiger partial charge in [0.1, 0.15) is 12.4 Å². The van der Waals surface area contributed by atoms with Gasteiger partial charge in [-0.1, -0.05) is 0 Å². The molecule has 0 atom stereocenters. The number of carboxylic acid groups (broad SMARTS) is 1. The maximum Gasteiger partial charge on any atom is 0.309 e. The number of carboxylic acids is 1. The van der Waals surface area contributed by atoms with Crippen LogP contribution in [0.3, 0.4) is 0 Å². The molecule has 5 nitrogen and oxygen atoms in total. The van der Waals surface area contributed by atoms with Crippen molar-refractivity contribution in [2.24, 2.45) is 0 Å². The third kappa shape index (κ3) is 2.32. The average molecular weight is 198 g/mol. The lowest BCUT2D eigenvalue weighted by Gasteiger charge is -2.06. The highest BCUT2D eigenvalue weighted by atomic mass is 16.5. The SMILES string of the molecule is CCn1c(CC(=O)O)cnc1COC. The molecule has 0 aliphatic rings. The van der Waals surface area contributed by atoms with Gasteiger partial charge in [0.2, 0.25) is 0 Å². The molecule has 1 aromatic rings. The lowest BCUT2D eigenvalue weighted by molar-refractivity contribution is -0.136. The van der Waals surface area contributed by atoms with E-state index in [4.69, 9.17) is 9.84 Å². The topological polar surface area (TPSA) is 64.4 Å². The first-order valence-corrected chi connectivity index (χ1v) is 4.43. The molecule has 1 N–H and O–H groups in total. The van der Waals surface area contributed by atoms with E-state index in [0.717, 1.165) is 5.82 Å². The molecule has 14 heavy (non-hydrogen) atoms. The summed E-state index contributed by atoms with van der Waals surface area (Å²) in [7, 11) is 1.59. The largest absolute Gasteiger partial charge is 0.481 e. The van der Waals surface area contributed by atoms with Crippen molar-refractivity contribution in [1.29, 1.82) is 0 Å². The third-order valence-corrected chi connectivity index (χ3v) is 1.94. The van der Waals surface area contributed by atoms with Crippen molar-refractivity contribution >= 4 is 5.97 Å². The van der Waals surface area contributed by atoms with Gasteiger partial charge in [0.15, 0.2) is 0 Å². The molecule has 1 aromatic heterocycles. The van der Waals surface area contributed by atoms with Gasteiger partial charge in [-0.15, -0.1) is 0 Å². The number of nitrogens with zero attached hydrogens (tertiary/aromatic N) is 2. The van der Waals surface area contributed by atoms with Gasteiger partial charge in [-0.05, 0) is 6.92 Å². The summed E-state index contributed by atoms with van der Waals surface area (Å²) < 4.78 is 6.82. The quantitative estimate of drug-likeness (QED) is 0.755. The highest BCUT2D eigenvalue weighted by molar-refractivity contribution is 5.69. The molecule has 78 valence electrons. The molecule has 0 saturated carbocycles. The van der Waals surface area contributed by atoms with E-state index in [1.165, 1.54) is 0 Å². The molecule has 0 aliphatic carbocycles. The van der Waals surface area contributed by atoms with Crippen LogP contribution in [-0.2, 0) is 29.1 Å². The molecule has 1 heterocycles. The first-order chi connectivity index (χ1) is 6.69. The number of methoxy groups -OCH3 is 1. The molecule has 0 amide bonds. The standard InChI is InChI=1S/C9H14N2O3/c1-3-11-7(4-9(12)13)5-10-8(11)6-14-2/h5H,3-4,6H2,1-2H3,(H,12,13). The summed E-state index contributed by atoms with van der Waals surface area (Å²) in [6.07, 6.45) is 1.59. The van der Waals surface area contributed by atoms with Crippen molar-refractivity contribution in [3.05, 3.63) is 17.7 Å². The van der Waals surface area contributed by atoms with Crippen LogP contribution < -0.4 is 0 Å². The van der Waals surface area contributed by atoms with Gasteiger partial charge < -0.3 is 14.4 Å². The van der Waals surface area contributed by atoms with Crippen molar-refractivity contribution in [3.63, 3.8) is 0 Å². The summed E-state index contributed by atoms with van der Waals surface area (Å²) in [5.74, 6) is -0.0742. The van der Waals surface area contributed by atoms with Gasteiger partial charge in [0.25, 0.3) is 0 Å². The van der Waals surface area contributed by atoms with E-state index in [1.807, 2.05) is 11.5 Å². The number of hydrogen-bond acceptors (Lipinski definition) is 3. The zero-order valence-electron chi connectivity index (χ0n) is 8.36. The smallest absolute Gasteiger partial charge is 0.309 e. The molecular formula is C9H14N2O3. The normalized spacial score (nSPS) is 10.4. The minimum atomic E-state index is -0.844. The number of aliphatic carboxylic acids is 1. The van der Waals surface area contributed by atoms with Crippen LogP contribution in [0.2, 0.25) is 0 Å². The number of carbonyl (C=O) groups is 1. The van der Waals surface area contributed by atoms with Gasteiger partial charge >= 0.3 is 5.97 Å². The highest BCUT2D eigenvalue weighted by Crippen LogP contribution is 2.07. The molecule has 0 spiro atoms. The molecule has 0 saturated heterocycles. The fraction of sp³-hybridized carbons (Fsp3) is 0.556. The van der Waals surface area contributed by atoms with Crippen molar-refractivity contribution in [2.45, 2.75) is 26.5 Å². The number of imidazole rings is 1. The average Bonchev–Trinajstić information content (AvgIpc) is 2.47. The van der Waals surface area contributed by atoms with Crippen LogP contribution in [-0.4, -0.2) is 27.7 Å². The Morgan fingerprint density at radius 3 is 2.93 bits per heavy atom. The number of ether oxygens (including phenoxy) is 1. The van der Waals surface area contributed by atoms with Crippen molar-refractivity contribution < 1.29 is 14.6 Å². The number of hydrogen-bond donors (Lipinski definition) is 1. The summed E-state index contributed by atoms with van der Waals surface area (Å²) in [5, 5.41) is 8.65. The predicted molar refractivity (Wildman–Crippen MR) is 50.0 cm³/mol. The predicted octanol–water partition coefficient (Wildman–Crippen LogP) is 0.676. The minimum Gasteiger partial charge on any atom is -0.481 e. The van der Waals surface area contributed by atoms with E-state index >= 15 is 0 Å². The third-order valence-electron chi connectivity index (χ3n) is 1.94. The summed E-state index contributed by atoms with van der Waals surface area (Å²) >= 11 is 0. The van der Waals surface area contributed by atoms with Gasteiger partial charge in [0.05, 0.1) is 6.42 Å². The Labute approximate surface area is 82.3 Å². The molecule has 1 rings (SSSR count). The van der Waals surface area contributed by atoms with Crippen LogP contribution in [0.1, 0.15) is 18.4 Å². The number of aromatic nitrogens is 2. The highest BCUT2D eigenvalue weighted by Gasteiger charge is 2.10. The van der Waals surface area contributed by atoms with Crippen molar-refractivity contribution in [1.82, 2.24) is 9.55 Å². The maximum absolute atomic E-state index is 10.5. The molecule has 0 fully saturated rings. The Kier molecular flexibility index (Phi) is 3.64.